The van der Waals surface area contributed by atoms with Crippen molar-refractivity contribution >= 4 is 0 Å². The highest BCUT2D eigenvalue weighted by atomic mass is 19.4. The maximum atomic E-state index is 12.9. The van der Waals surface area contributed by atoms with Gasteiger partial charge in [-0.15, -0.1) is 0 Å². The van der Waals surface area contributed by atoms with E-state index in [0.717, 1.165) is 12.8 Å². The molecule has 3 rings (SSSR count). The Labute approximate surface area is 138 Å². The van der Waals surface area contributed by atoms with Crippen LogP contribution in [0.25, 0.3) is 11.5 Å². The molecule has 4 nitrogen and oxygen atoms in total. The smallest absolute Gasteiger partial charge is 0.334 e. The molecule has 10 heteroatoms. The molecule has 1 aliphatic carbocycles. The predicted molar refractivity (Wildman–Crippen MR) is 74.1 cm³/mol. The average Bonchev–Trinajstić information content (AvgIpc) is 3.15. The number of hydrogen-bond donors (Lipinski definition) is 1. The highest BCUT2D eigenvalue weighted by Gasteiger charge is 2.39. The Morgan fingerprint density at radius 2 is 1.44 bits per heavy atom. The van der Waals surface area contributed by atoms with E-state index in [1.807, 2.05) is 0 Å². The van der Waals surface area contributed by atoms with Crippen LogP contribution in [-0.2, 0) is 17.9 Å². The van der Waals surface area contributed by atoms with Crippen molar-refractivity contribution in [3.8, 4) is 11.5 Å². The van der Waals surface area contributed by atoms with Crippen molar-refractivity contribution in [2.75, 3.05) is 0 Å². The molecular weight excluding hydrogens is 352 g/mol. The number of nitrogens with two attached hydrogens (primary N) is 1. The zero-order valence-corrected chi connectivity index (χ0v) is 12.7. The van der Waals surface area contributed by atoms with E-state index in [9.17, 15) is 26.3 Å². The van der Waals surface area contributed by atoms with E-state index in [0.29, 0.717) is 25.0 Å². The topological polar surface area (TPSA) is 64.9 Å². The molecule has 0 radical (unpaired) electrons. The van der Waals surface area contributed by atoms with Crippen molar-refractivity contribution in [1.82, 2.24) is 10.1 Å². The van der Waals surface area contributed by atoms with Gasteiger partial charge in [-0.3, -0.25) is 0 Å². The second-order valence-electron chi connectivity index (χ2n) is 6.08. The van der Waals surface area contributed by atoms with E-state index in [1.54, 1.807) is 0 Å². The first kappa shape index (κ1) is 17.7. The zero-order chi connectivity index (χ0) is 18.5. The Balaban J connectivity index is 2.06. The summed E-state index contributed by atoms with van der Waals surface area (Å²) in [6.45, 7) is 0. The lowest BCUT2D eigenvalue weighted by molar-refractivity contribution is -0.143. The third-order valence-electron chi connectivity index (χ3n) is 4.20. The van der Waals surface area contributed by atoms with Gasteiger partial charge in [-0.1, -0.05) is 18.0 Å². The number of benzene rings is 1. The molecule has 0 saturated heterocycles. The normalized spacial score (nSPS) is 17.9. The number of alkyl halides is 6. The summed E-state index contributed by atoms with van der Waals surface area (Å²) >= 11 is 0. The van der Waals surface area contributed by atoms with Gasteiger partial charge in [0.15, 0.2) is 5.82 Å². The summed E-state index contributed by atoms with van der Waals surface area (Å²) in [4.78, 5) is 3.94. The Bertz CT molecular complexity index is 742. The molecule has 2 aromatic rings. The molecule has 0 aliphatic heterocycles. The molecule has 1 aromatic carbocycles. The first-order valence-electron chi connectivity index (χ1n) is 7.42. The third-order valence-corrected chi connectivity index (χ3v) is 4.20. The first-order chi connectivity index (χ1) is 11.5. The van der Waals surface area contributed by atoms with Crippen LogP contribution in [0.5, 0.6) is 0 Å². The molecular formula is C15H13F6N3O. The Hall–Kier alpha value is -2.10. The van der Waals surface area contributed by atoms with Gasteiger partial charge in [0, 0.05) is 5.56 Å². The zero-order valence-electron chi connectivity index (χ0n) is 12.7. The number of halogens is 6. The molecule has 0 amide bonds. The van der Waals surface area contributed by atoms with E-state index in [2.05, 4.69) is 10.1 Å². The second kappa shape index (κ2) is 5.72. The highest BCUT2D eigenvalue weighted by Crippen LogP contribution is 2.39. The fourth-order valence-corrected chi connectivity index (χ4v) is 2.85. The first-order valence-corrected chi connectivity index (χ1v) is 7.42. The molecule has 1 saturated carbocycles. The van der Waals surface area contributed by atoms with E-state index in [1.165, 1.54) is 0 Å². The fraction of sp³-hybridized carbons (Fsp3) is 0.467. The highest BCUT2D eigenvalue weighted by molar-refractivity contribution is 5.57. The standard InChI is InChI=1S/C15H13F6N3O/c16-14(17,18)9-5-8(6-10(7-9)15(19,20)21)11-23-12(24-25-11)13(22)3-1-2-4-13/h5-7H,1-4,22H2. The number of nitrogens with zero attached hydrogens (tertiary/aromatic N) is 2. The van der Waals surface area contributed by atoms with Crippen LogP contribution in [0, 0.1) is 0 Å². The van der Waals surface area contributed by atoms with Crippen LogP contribution < -0.4 is 5.73 Å². The molecule has 0 atom stereocenters. The monoisotopic (exact) mass is 365 g/mol. The number of hydrogen-bond acceptors (Lipinski definition) is 4. The van der Waals surface area contributed by atoms with Crippen LogP contribution in [-0.4, -0.2) is 10.1 Å². The SMILES string of the molecule is NC1(c2noc(-c3cc(C(F)(F)F)cc(C(F)(F)F)c3)n2)CCCC1. The summed E-state index contributed by atoms with van der Waals surface area (Å²) in [7, 11) is 0. The van der Waals surface area contributed by atoms with Crippen LogP contribution in [0.15, 0.2) is 22.7 Å². The summed E-state index contributed by atoms with van der Waals surface area (Å²) in [5.74, 6) is -0.339. The quantitative estimate of drug-likeness (QED) is 0.796. The second-order valence-corrected chi connectivity index (χ2v) is 6.08. The van der Waals surface area contributed by atoms with Crippen molar-refractivity contribution in [2.24, 2.45) is 5.73 Å². The van der Waals surface area contributed by atoms with Gasteiger partial charge in [0.1, 0.15) is 0 Å². The third kappa shape index (κ3) is 3.48. The van der Waals surface area contributed by atoms with Gasteiger partial charge in [0.25, 0.3) is 5.89 Å². The molecule has 25 heavy (non-hydrogen) atoms. The minimum absolute atomic E-state index is 0.0438. The minimum Gasteiger partial charge on any atom is -0.334 e. The lowest BCUT2D eigenvalue weighted by atomic mass is 9.98. The van der Waals surface area contributed by atoms with Crippen molar-refractivity contribution in [1.29, 1.82) is 0 Å². The maximum absolute atomic E-state index is 12.9. The van der Waals surface area contributed by atoms with Gasteiger partial charge in [-0.2, -0.15) is 31.3 Å². The van der Waals surface area contributed by atoms with Gasteiger partial charge in [0.2, 0.25) is 0 Å². The van der Waals surface area contributed by atoms with Crippen molar-refractivity contribution in [3.05, 3.63) is 35.2 Å². The number of rotatable bonds is 2. The summed E-state index contributed by atoms with van der Waals surface area (Å²) in [5, 5.41) is 3.66. The predicted octanol–water partition coefficient (Wildman–Crippen LogP) is 4.50. The number of aromatic nitrogens is 2. The fourth-order valence-electron chi connectivity index (χ4n) is 2.85. The molecule has 0 bridgehead atoms. The van der Waals surface area contributed by atoms with Crippen molar-refractivity contribution in [2.45, 2.75) is 43.6 Å². The van der Waals surface area contributed by atoms with Crippen LogP contribution in [0.3, 0.4) is 0 Å². The summed E-state index contributed by atoms with van der Waals surface area (Å²) in [6, 6.07) is 1.14. The van der Waals surface area contributed by atoms with E-state index < -0.39 is 40.5 Å². The molecule has 1 aromatic heterocycles. The molecule has 1 fully saturated rings. The lowest BCUT2D eigenvalue weighted by Crippen LogP contribution is -2.34. The molecule has 136 valence electrons. The summed E-state index contributed by atoms with van der Waals surface area (Å²) in [6.07, 6.45) is -7.08. The minimum atomic E-state index is -4.95. The Kier molecular flexibility index (Phi) is 4.05. The maximum Gasteiger partial charge on any atom is 0.416 e. The van der Waals surface area contributed by atoms with Crippen molar-refractivity contribution < 1.29 is 30.9 Å². The molecule has 0 unspecified atom stereocenters. The van der Waals surface area contributed by atoms with E-state index in [-0.39, 0.29) is 11.9 Å². The van der Waals surface area contributed by atoms with Crippen LogP contribution >= 0.6 is 0 Å². The molecule has 1 aliphatic rings. The Morgan fingerprint density at radius 3 is 1.92 bits per heavy atom. The van der Waals surface area contributed by atoms with Gasteiger partial charge >= 0.3 is 12.4 Å². The van der Waals surface area contributed by atoms with Crippen LogP contribution in [0.4, 0.5) is 26.3 Å². The largest absolute Gasteiger partial charge is 0.416 e. The van der Waals surface area contributed by atoms with Gasteiger partial charge in [-0.25, -0.2) is 0 Å². The molecule has 1 heterocycles. The Morgan fingerprint density at radius 1 is 0.920 bits per heavy atom. The molecule has 2 N–H and O–H groups in total. The average molecular weight is 365 g/mol. The lowest BCUT2D eigenvalue weighted by Gasteiger charge is -2.17. The molecule has 0 spiro atoms. The van der Waals surface area contributed by atoms with Gasteiger partial charge in [-0.05, 0) is 31.0 Å². The van der Waals surface area contributed by atoms with E-state index >= 15 is 0 Å². The van der Waals surface area contributed by atoms with E-state index in [4.69, 9.17) is 10.3 Å². The summed E-state index contributed by atoms with van der Waals surface area (Å²) in [5.41, 5.74) is 1.92. The van der Waals surface area contributed by atoms with Crippen LogP contribution in [0.1, 0.15) is 42.6 Å². The van der Waals surface area contributed by atoms with Gasteiger partial charge in [0.05, 0.1) is 16.7 Å². The van der Waals surface area contributed by atoms with Gasteiger partial charge < -0.3 is 10.3 Å². The van der Waals surface area contributed by atoms with Crippen molar-refractivity contribution in [3.63, 3.8) is 0 Å². The van der Waals surface area contributed by atoms with Crippen LogP contribution in [0.2, 0.25) is 0 Å². The summed E-state index contributed by atoms with van der Waals surface area (Å²) < 4.78 is 82.3.